The van der Waals surface area contributed by atoms with Gasteiger partial charge in [-0.1, -0.05) is 36.7 Å². The Morgan fingerprint density at radius 3 is 2.27 bits per heavy atom. The van der Waals surface area contributed by atoms with Gasteiger partial charge in [0.1, 0.15) is 0 Å². The molecule has 0 spiro atoms. The van der Waals surface area contributed by atoms with E-state index < -0.39 is 47.9 Å². The second-order valence-electron chi connectivity index (χ2n) is 14.9. The largest absolute Gasteiger partial charge is 0.452 e. The number of aromatic nitrogens is 1. The van der Waals surface area contributed by atoms with Crippen LogP contribution in [-0.4, -0.2) is 109 Å². The first-order valence-corrected chi connectivity index (χ1v) is 20.4. The van der Waals surface area contributed by atoms with E-state index in [1.807, 2.05) is 49.1 Å². The molecular weight excluding hydrogens is 805 g/mol. The Kier molecular flexibility index (Phi) is 13.9. The highest BCUT2D eigenvalue weighted by Crippen LogP contribution is 2.38. The van der Waals surface area contributed by atoms with Crippen molar-refractivity contribution in [3.63, 3.8) is 0 Å². The van der Waals surface area contributed by atoms with Crippen molar-refractivity contribution >= 4 is 57.8 Å². The van der Waals surface area contributed by atoms with E-state index >= 15 is 0 Å². The molecule has 60 heavy (non-hydrogen) atoms. The molecule has 0 aliphatic carbocycles. The summed E-state index contributed by atoms with van der Waals surface area (Å²) >= 11 is 6.12. The number of nitrogens with one attached hydrogen (secondary N) is 1. The molecule has 2 aliphatic rings. The van der Waals surface area contributed by atoms with Crippen LogP contribution < -0.4 is 16.2 Å². The average molecular weight is 853 g/mol. The number of alkyl halides is 3. The highest BCUT2D eigenvalue weighted by Gasteiger charge is 2.37. The lowest BCUT2D eigenvalue weighted by atomic mass is 9.89. The van der Waals surface area contributed by atoms with Gasteiger partial charge in [0, 0.05) is 75.5 Å². The summed E-state index contributed by atoms with van der Waals surface area (Å²) in [6.07, 6.45) is -5.81. The quantitative estimate of drug-likeness (QED) is 0.120. The second-order valence-corrected chi connectivity index (χ2v) is 15.3. The number of hydrogen-bond donors (Lipinski definition) is 2. The smallest absolute Gasteiger partial charge is 0.418 e. The van der Waals surface area contributed by atoms with Crippen molar-refractivity contribution in [2.24, 2.45) is 0 Å². The molecule has 0 unspecified atom stereocenters. The molecule has 13 nitrogen and oxygen atoms in total. The Bertz CT molecular complexity index is 2250. The molecule has 0 saturated carbocycles. The third kappa shape index (κ3) is 10.3. The summed E-state index contributed by atoms with van der Waals surface area (Å²) in [5.74, 6) is -1.62. The number of aromatic amines is 1. The fourth-order valence-corrected chi connectivity index (χ4v) is 7.93. The van der Waals surface area contributed by atoms with Crippen LogP contribution in [0.25, 0.3) is 10.9 Å². The summed E-state index contributed by atoms with van der Waals surface area (Å²) in [7, 11) is 0. The fourth-order valence-electron chi connectivity index (χ4n) is 7.68. The van der Waals surface area contributed by atoms with Crippen molar-refractivity contribution in [3.05, 3.63) is 104 Å². The number of para-hydroxylation sites is 1. The number of rotatable bonds is 12. The van der Waals surface area contributed by atoms with Crippen LogP contribution in [-0.2, 0) is 31.7 Å². The van der Waals surface area contributed by atoms with Crippen molar-refractivity contribution in [1.29, 1.82) is 0 Å². The maximum Gasteiger partial charge on any atom is 0.418 e. The van der Waals surface area contributed by atoms with Gasteiger partial charge in [-0.2, -0.15) is 13.2 Å². The number of piperidine rings is 1. The Hall–Kier alpha value is -5.77. The van der Waals surface area contributed by atoms with E-state index in [2.05, 4.69) is 4.98 Å². The minimum Gasteiger partial charge on any atom is -0.452 e. The topological polar surface area (TPSA) is 159 Å². The van der Waals surface area contributed by atoms with Gasteiger partial charge >= 0.3 is 18.2 Å². The van der Waals surface area contributed by atoms with Gasteiger partial charge in [-0.3, -0.25) is 14.4 Å². The van der Waals surface area contributed by atoms with Gasteiger partial charge in [0.25, 0.3) is 17.4 Å². The summed E-state index contributed by atoms with van der Waals surface area (Å²) < 4.78 is 52.8. The van der Waals surface area contributed by atoms with Crippen LogP contribution >= 0.6 is 11.6 Å². The van der Waals surface area contributed by atoms with Crippen molar-refractivity contribution < 1.29 is 41.8 Å². The molecule has 0 radical (unpaired) electrons. The highest BCUT2D eigenvalue weighted by atomic mass is 35.5. The fraction of sp³-hybridized carbons (Fsp3) is 0.419. The number of nitrogens with zero attached hydrogens (tertiary/aromatic N) is 4. The molecule has 3 aromatic carbocycles. The number of esters is 1. The zero-order valence-electron chi connectivity index (χ0n) is 33.4. The predicted molar refractivity (Wildman–Crippen MR) is 221 cm³/mol. The van der Waals surface area contributed by atoms with E-state index in [1.165, 1.54) is 15.9 Å². The number of halogens is 4. The average Bonchev–Trinajstić information content (AvgIpc) is 3.24. The number of pyridine rings is 1. The number of ether oxygens (including phenoxy) is 2. The molecule has 2 saturated heterocycles. The Morgan fingerprint density at radius 2 is 1.62 bits per heavy atom. The highest BCUT2D eigenvalue weighted by molar-refractivity contribution is 6.33. The molecular formula is C43H48ClF3N6O7. The number of piperazine rings is 1. The van der Waals surface area contributed by atoms with Gasteiger partial charge in [0.2, 0.25) is 0 Å². The van der Waals surface area contributed by atoms with Crippen LogP contribution in [0.5, 0.6) is 0 Å². The first-order chi connectivity index (χ1) is 28.7. The van der Waals surface area contributed by atoms with Crippen LogP contribution in [0.4, 0.5) is 29.3 Å². The maximum absolute atomic E-state index is 14.1. The zero-order chi connectivity index (χ0) is 43.1. The van der Waals surface area contributed by atoms with Crippen LogP contribution in [0.1, 0.15) is 66.1 Å². The normalized spacial score (nSPS) is 15.5. The number of hydrogen-bond acceptors (Lipinski definition) is 9. The number of amides is 3. The van der Waals surface area contributed by atoms with Gasteiger partial charge in [-0.25, -0.2) is 9.59 Å². The van der Waals surface area contributed by atoms with Gasteiger partial charge in [-0.05, 0) is 91.6 Å². The number of likely N-dealkylation sites (tertiary alicyclic amines) is 1. The number of fused-ring (bicyclic) bond motifs is 1. The summed E-state index contributed by atoms with van der Waals surface area (Å²) in [6, 6.07) is 18.0. The molecule has 4 aromatic rings. The lowest BCUT2D eigenvalue weighted by Gasteiger charge is -2.38. The summed E-state index contributed by atoms with van der Waals surface area (Å²) in [6.45, 7) is 6.13. The molecule has 6 rings (SSSR count). The van der Waals surface area contributed by atoms with Gasteiger partial charge < -0.3 is 39.8 Å². The van der Waals surface area contributed by atoms with E-state index in [4.69, 9.17) is 26.8 Å². The van der Waals surface area contributed by atoms with Crippen LogP contribution in [0.3, 0.4) is 0 Å². The van der Waals surface area contributed by atoms with Crippen LogP contribution in [0.2, 0.25) is 5.02 Å². The van der Waals surface area contributed by atoms with Crippen LogP contribution in [0.15, 0.2) is 71.5 Å². The lowest BCUT2D eigenvalue weighted by molar-refractivity contribution is -0.141. The van der Waals surface area contributed by atoms with Crippen molar-refractivity contribution in [3.8, 4) is 0 Å². The summed E-state index contributed by atoms with van der Waals surface area (Å²) in [5, 5.41) is 0.541. The first kappa shape index (κ1) is 43.8. The number of nitrogen functional groups attached to an aromatic ring is 1. The van der Waals surface area contributed by atoms with E-state index in [9.17, 15) is 37.1 Å². The molecule has 2 fully saturated rings. The van der Waals surface area contributed by atoms with E-state index in [0.29, 0.717) is 44.6 Å². The number of H-pyrrole nitrogens is 1. The lowest BCUT2D eigenvalue weighted by Crippen LogP contribution is -2.53. The number of nitrogens with two attached hydrogens (primary N) is 1. The van der Waals surface area contributed by atoms with Crippen molar-refractivity contribution in [1.82, 2.24) is 19.7 Å². The third-order valence-corrected chi connectivity index (χ3v) is 11.3. The molecule has 3 heterocycles. The Labute approximate surface area is 350 Å². The van der Waals surface area contributed by atoms with Gasteiger partial charge in [-0.15, -0.1) is 0 Å². The van der Waals surface area contributed by atoms with E-state index in [0.717, 1.165) is 29.1 Å². The molecule has 1 aromatic heterocycles. The molecule has 3 amide bonds. The number of anilines is 2. The third-order valence-electron chi connectivity index (χ3n) is 11.0. The first-order valence-electron chi connectivity index (χ1n) is 20.0. The number of likely N-dealkylation sites (N-methyl/N-ethyl adjacent to an activating group) is 1. The molecule has 2 aliphatic heterocycles. The predicted octanol–water partition coefficient (Wildman–Crippen LogP) is 6.47. The van der Waals surface area contributed by atoms with E-state index in [1.54, 1.807) is 29.2 Å². The Balaban J connectivity index is 1.11. The zero-order valence-corrected chi connectivity index (χ0v) is 34.2. The van der Waals surface area contributed by atoms with Gasteiger partial charge in [0.05, 0.1) is 21.8 Å². The molecule has 1 atom stereocenters. The molecule has 3 N–H and O–H groups in total. The van der Waals surface area contributed by atoms with Crippen molar-refractivity contribution in [2.75, 3.05) is 69.6 Å². The second kappa shape index (κ2) is 19.1. The molecule has 0 bridgehead atoms. The number of carbonyl (C=O) groups is 4. The van der Waals surface area contributed by atoms with Crippen molar-refractivity contribution in [2.45, 2.75) is 57.7 Å². The maximum atomic E-state index is 14.1. The minimum absolute atomic E-state index is 0.00665. The SMILES string of the molecule is CCCN(CC)C(=O)COC(=O)c1ccc(N2CCN(C(=O)[C@@H](Cc3cc(Cl)c(N)c(C(F)(F)F)c3)OC(=O)N3CCC(c4cc5ccccc5[nH]c4=O)CC3)CC2)cc1. The summed E-state index contributed by atoms with van der Waals surface area (Å²) in [4.78, 5) is 75.2. The Morgan fingerprint density at radius 1 is 0.933 bits per heavy atom. The number of carbonyl (C=O) groups excluding carboxylic acids is 4. The van der Waals surface area contributed by atoms with E-state index in [-0.39, 0.29) is 66.3 Å². The number of benzene rings is 3. The monoisotopic (exact) mass is 852 g/mol. The standard InChI is InChI=1S/C43H48ClF3N6O7/c1-3-15-50(4-2)37(54)26-59-41(57)29-9-11-31(12-10-29)51-18-20-52(21-19-51)40(56)36(24-27-22-33(43(45,46)47)38(48)34(44)23-27)60-42(58)53-16-13-28(14-17-53)32-25-30-7-5-6-8-35(30)49-39(32)55/h5-12,22-23,25,28,36H,3-4,13-21,24,26,48H2,1-2H3,(H,49,55)/t36-/m1/s1. The summed E-state index contributed by atoms with van der Waals surface area (Å²) in [5.41, 5.74) is 6.03. The van der Waals surface area contributed by atoms with Crippen LogP contribution in [0, 0.1) is 0 Å². The van der Waals surface area contributed by atoms with Gasteiger partial charge in [0.15, 0.2) is 12.7 Å². The minimum atomic E-state index is -4.82. The molecule has 17 heteroatoms. The molecule has 320 valence electrons.